The quantitative estimate of drug-likeness (QED) is 0.563. The van der Waals surface area contributed by atoms with Crippen molar-refractivity contribution in [3.8, 4) is 0 Å². The average Bonchev–Trinajstić information content (AvgIpc) is 3.31. The van der Waals surface area contributed by atoms with Crippen LogP contribution in [0.25, 0.3) is 21.8 Å². The molecule has 2 aromatic carbocycles. The van der Waals surface area contributed by atoms with Crippen LogP contribution in [0.4, 0.5) is 0 Å². The van der Waals surface area contributed by atoms with Crippen LogP contribution in [0.15, 0.2) is 70.2 Å². The lowest BCUT2D eigenvalue weighted by Gasteiger charge is -2.08. The summed E-state index contributed by atoms with van der Waals surface area (Å²) in [6, 6.07) is 16.9. The second kappa shape index (κ2) is 5.84. The fraction of sp³-hybridized carbons (Fsp3) is 0.150. The van der Waals surface area contributed by atoms with Gasteiger partial charge in [-0.15, -0.1) is 5.10 Å². The molecule has 0 aliphatic carbocycles. The standard InChI is InChI=1S/C20H16N6/c1-13-20-19(9-16(10-21-20)18-11-22-25-23-18)26(24-13)12-15-7-4-6-14-5-2-3-8-17(14)15/h2-10H,11-12H2,1H3. The van der Waals surface area contributed by atoms with Crippen molar-refractivity contribution in [1.82, 2.24) is 14.8 Å². The Bertz CT molecular complexity index is 1200. The van der Waals surface area contributed by atoms with Gasteiger partial charge < -0.3 is 0 Å². The van der Waals surface area contributed by atoms with E-state index >= 15 is 0 Å². The highest BCUT2D eigenvalue weighted by molar-refractivity contribution is 6.04. The SMILES string of the molecule is Cc1nn(Cc2cccc3ccccc23)c2cc(C3=NN=NC3)cnc12. The summed E-state index contributed by atoms with van der Waals surface area (Å²) < 4.78 is 2.02. The van der Waals surface area contributed by atoms with Gasteiger partial charge in [0.05, 0.1) is 23.5 Å². The molecule has 0 N–H and O–H groups in total. The van der Waals surface area contributed by atoms with Crippen molar-refractivity contribution in [3.63, 3.8) is 0 Å². The summed E-state index contributed by atoms with van der Waals surface area (Å²) >= 11 is 0. The van der Waals surface area contributed by atoms with Crippen molar-refractivity contribution in [2.24, 2.45) is 15.4 Å². The number of rotatable bonds is 3. The molecule has 126 valence electrons. The van der Waals surface area contributed by atoms with Crippen LogP contribution in [0.5, 0.6) is 0 Å². The summed E-state index contributed by atoms with van der Waals surface area (Å²) in [7, 11) is 0. The summed E-state index contributed by atoms with van der Waals surface area (Å²) in [6.07, 6.45) is 1.83. The third-order valence-corrected chi connectivity index (χ3v) is 4.74. The van der Waals surface area contributed by atoms with Gasteiger partial charge in [0, 0.05) is 11.8 Å². The van der Waals surface area contributed by atoms with Crippen LogP contribution in [-0.2, 0) is 6.54 Å². The predicted molar refractivity (Wildman–Crippen MR) is 102 cm³/mol. The molecule has 2 aromatic heterocycles. The highest BCUT2D eigenvalue weighted by Crippen LogP contribution is 2.23. The number of fused-ring (bicyclic) bond motifs is 2. The van der Waals surface area contributed by atoms with E-state index in [1.165, 1.54) is 16.3 Å². The molecule has 1 aliphatic rings. The first kappa shape index (κ1) is 14.9. The molecule has 26 heavy (non-hydrogen) atoms. The summed E-state index contributed by atoms with van der Waals surface area (Å²) in [5.41, 5.74) is 5.87. The number of benzene rings is 2. The molecule has 0 unspecified atom stereocenters. The Hall–Kier alpha value is -3.41. The maximum Gasteiger partial charge on any atom is 0.111 e. The van der Waals surface area contributed by atoms with Gasteiger partial charge in [-0.3, -0.25) is 9.67 Å². The number of hydrogen-bond donors (Lipinski definition) is 0. The van der Waals surface area contributed by atoms with E-state index in [9.17, 15) is 0 Å². The molecule has 0 saturated heterocycles. The number of nitrogens with zero attached hydrogens (tertiary/aromatic N) is 6. The van der Waals surface area contributed by atoms with Crippen LogP contribution in [0.3, 0.4) is 0 Å². The van der Waals surface area contributed by atoms with Crippen molar-refractivity contribution in [1.29, 1.82) is 0 Å². The number of aryl methyl sites for hydroxylation is 1. The highest BCUT2D eigenvalue weighted by Gasteiger charge is 2.14. The van der Waals surface area contributed by atoms with Crippen LogP contribution in [-0.4, -0.2) is 27.0 Å². The first-order chi connectivity index (χ1) is 12.8. The Morgan fingerprint density at radius 2 is 1.96 bits per heavy atom. The van der Waals surface area contributed by atoms with E-state index in [2.05, 4.69) is 69.0 Å². The van der Waals surface area contributed by atoms with Gasteiger partial charge in [-0.25, -0.2) is 0 Å². The van der Waals surface area contributed by atoms with Crippen molar-refractivity contribution in [2.45, 2.75) is 13.5 Å². The zero-order chi connectivity index (χ0) is 17.5. The van der Waals surface area contributed by atoms with E-state index in [0.717, 1.165) is 28.0 Å². The molecule has 0 spiro atoms. The van der Waals surface area contributed by atoms with Crippen LogP contribution in [0.2, 0.25) is 0 Å². The molecule has 4 aromatic rings. The molecule has 0 atom stereocenters. The Morgan fingerprint density at radius 1 is 1.08 bits per heavy atom. The Kier molecular flexibility index (Phi) is 3.35. The molecule has 6 nitrogen and oxygen atoms in total. The van der Waals surface area contributed by atoms with Gasteiger partial charge >= 0.3 is 0 Å². The van der Waals surface area contributed by atoms with Crippen molar-refractivity contribution < 1.29 is 0 Å². The highest BCUT2D eigenvalue weighted by atomic mass is 15.4. The third kappa shape index (κ3) is 2.38. The van der Waals surface area contributed by atoms with Gasteiger partial charge in [-0.05, 0) is 34.5 Å². The lowest BCUT2D eigenvalue weighted by Crippen LogP contribution is -2.05. The lowest BCUT2D eigenvalue weighted by molar-refractivity contribution is 0.706. The maximum absolute atomic E-state index is 4.73. The van der Waals surface area contributed by atoms with Gasteiger partial charge in [0.1, 0.15) is 12.1 Å². The van der Waals surface area contributed by atoms with Gasteiger partial charge in [0.25, 0.3) is 0 Å². The van der Waals surface area contributed by atoms with E-state index in [1.807, 2.05) is 17.8 Å². The third-order valence-electron chi connectivity index (χ3n) is 4.74. The van der Waals surface area contributed by atoms with E-state index in [0.29, 0.717) is 13.1 Å². The Balaban J connectivity index is 1.63. The van der Waals surface area contributed by atoms with Crippen molar-refractivity contribution in [2.75, 3.05) is 6.54 Å². The first-order valence-corrected chi connectivity index (χ1v) is 8.53. The first-order valence-electron chi connectivity index (χ1n) is 8.53. The smallest absolute Gasteiger partial charge is 0.111 e. The molecular formula is C20H16N6. The van der Waals surface area contributed by atoms with Gasteiger partial charge in [0.2, 0.25) is 0 Å². The van der Waals surface area contributed by atoms with Crippen LogP contribution < -0.4 is 0 Å². The Morgan fingerprint density at radius 3 is 2.85 bits per heavy atom. The summed E-state index contributed by atoms with van der Waals surface area (Å²) in [6.45, 7) is 3.19. The predicted octanol–water partition coefficient (Wildman–Crippen LogP) is 4.11. The maximum atomic E-state index is 4.73. The minimum absolute atomic E-state index is 0.504. The summed E-state index contributed by atoms with van der Waals surface area (Å²) in [5, 5.41) is 18.9. The van der Waals surface area contributed by atoms with Crippen molar-refractivity contribution in [3.05, 3.63) is 71.5 Å². The normalized spacial score (nSPS) is 13.7. The molecule has 0 saturated carbocycles. The molecule has 5 rings (SSSR count). The zero-order valence-corrected chi connectivity index (χ0v) is 14.3. The number of aromatic nitrogens is 3. The minimum atomic E-state index is 0.504. The van der Waals surface area contributed by atoms with E-state index in [-0.39, 0.29) is 0 Å². The van der Waals surface area contributed by atoms with Gasteiger partial charge in [-0.2, -0.15) is 10.2 Å². The van der Waals surface area contributed by atoms with Gasteiger partial charge in [0.15, 0.2) is 0 Å². The second-order valence-corrected chi connectivity index (χ2v) is 6.41. The largest absolute Gasteiger partial charge is 0.258 e. The molecule has 0 radical (unpaired) electrons. The van der Waals surface area contributed by atoms with E-state index < -0.39 is 0 Å². The minimum Gasteiger partial charge on any atom is -0.258 e. The van der Waals surface area contributed by atoms with Crippen molar-refractivity contribution >= 4 is 27.5 Å². The molecule has 0 bridgehead atoms. The molecule has 3 heterocycles. The van der Waals surface area contributed by atoms with Gasteiger partial charge in [-0.1, -0.05) is 42.5 Å². The molecule has 6 heteroatoms. The number of hydrogen-bond acceptors (Lipinski definition) is 5. The summed E-state index contributed by atoms with van der Waals surface area (Å²) in [4.78, 5) is 4.60. The second-order valence-electron chi connectivity index (χ2n) is 6.41. The van der Waals surface area contributed by atoms with Crippen LogP contribution >= 0.6 is 0 Å². The van der Waals surface area contributed by atoms with E-state index in [1.54, 1.807) is 0 Å². The van der Waals surface area contributed by atoms with Crippen LogP contribution in [0, 0.1) is 6.92 Å². The molecule has 0 amide bonds. The fourth-order valence-electron chi connectivity index (χ4n) is 3.45. The summed E-state index contributed by atoms with van der Waals surface area (Å²) in [5.74, 6) is 0. The van der Waals surface area contributed by atoms with E-state index in [4.69, 9.17) is 5.10 Å². The van der Waals surface area contributed by atoms with Crippen LogP contribution in [0.1, 0.15) is 16.8 Å². The lowest BCUT2D eigenvalue weighted by atomic mass is 10.0. The fourth-order valence-corrected chi connectivity index (χ4v) is 3.45. The monoisotopic (exact) mass is 340 g/mol. The average molecular weight is 340 g/mol. The zero-order valence-electron chi connectivity index (χ0n) is 14.3. The Labute approximate surface area is 149 Å². The molecular weight excluding hydrogens is 324 g/mol. The molecule has 0 fully saturated rings. The topological polar surface area (TPSA) is 67.8 Å². The number of pyridine rings is 1. The molecule has 1 aliphatic heterocycles.